The van der Waals surface area contributed by atoms with Gasteiger partial charge in [-0.1, -0.05) is 65.8 Å². The highest BCUT2D eigenvalue weighted by atomic mass is 16.5. The second-order valence-corrected chi connectivity index (χ2v) is 6.69. The summed E-state index contributed by atoms with van der Waals surface area (Å²) in [5, 5.41) is 4.12. The molecule has 0 radical (unpaired) electrons. The molecule has 0 aliphatic carbocycles. The maximum atomic E-state index is 12.3. The molecular weight excluding hydrogens is 326 g/mol. The molecule has 0 bridgehead atoms. The summed E-state index contributed by atoms with van der Waals surface area (Å²) in [6, 6.07) is 20.3. The fourth-order valence-corrected chi connectivity index (χ4v) is 3.33. The number of nitrogens with zero attached hydrogens (tertiary/aromatic N) is 3. The summed E-state index contributed by atoms with van der Waals surface area (Å²) in [4.78, 5) is 18.7. The molecule has 0 saturated carbocycles. The summed E-state index contributed by atoms with van der Waals surface area (Å²) in [5.74, 6) is 1.45. The van der Waals surface area contributed by atoms with Crippen molar-refractivity contribution in [2.45, 2.75) is 31.7 Å². The van der Waals surface area contributed by atoms with E-state index in [1.54, 1.807) is 0 Å². The Labute approximate surface area is 152 Å². The lowest BCUT2D eigenvalue weighted by Crippen LogP contribution is -2.24. The van der Waals surface area contributed by atoms with Crippen LogP contribution in [0, 0.1) is 0 Å². The largest absolute Gasteiger partial charge is 0.339 e. The van der Waals surface area contributed by atoms with Crippen LogP contribution in [-0.4, -0.2) is 27.5 Å². The molecule has 1 atom stereocenters. The van der Waals surface area contributed by atoms with Crippen LogP contribution in [-0.2, 0) is 24.2 Å². The Balaban J connectivity index is 1.36. The van der Waals surface area contributed by atoms with Gasteiger partial charge < -0.3 is 9.42 Å². The van der Waals surface area contributed by atoms with Crippen molar-refractivity contribution in [2.24, 2.45) is 0 Å². The smallest absolute Gasteiger partial charge is 0.226 e. The Morgan fingerprint density at radius 2 is 1.65 bits per heavy atom. The van der Waals surface area contributed by atoms with Gasteiger partial charge in [-0.3, -0.25) is 4.79 Å². The van der Waals surface area contributed by atoms with E-state index >= 15 is 0 Å². The number of carbonyl (C=O) groups excluding carboxylic acids is 1. The van der Waals surface area contributed by atoms with E-state index < -0.39 is 0 Å². The van der Waals surface area contributed by atoms with Gasteiger partial charge in [-0.2, -0.15) is 4.98 Å². The van der Waals surface area contributed by atoms with Crippen molar-refractivity contribution in [2.75, 3.05) is 6.54 Å². The SMILES string of the molecule is O=C1C[C@@H](c2noc(CCc3ccccc3)n2)CN1Cc1ccccc1. The van der Waals surface area contributed by atoms with Crippen molar-refractivity contribution < 1.29 is 9.32 Å². The molecule has 5 heteroatoms. The number of carbonyl (C=O) groups is 1. The quantitative estimate of drug-likeness (QED) is 0.686. The lowest BCUT2D eigenvalue weighted by molar-refractivity contribution is -0.128. The third-order valence-electron chi connectivity index (χ3n) is 4.75. The van der Waals surface area contributed by atoms with Crippen LogP contribution in [0.1, 0.15) is 35.2 Å². The number of rotatable bonds is 6. The average Bonchev–Trinajstić information content (AvgIpc) is 3.29. The number of benzene rings is 2. The van der Waals surface area contributed by atoms with Crippen LogP contribution in [0.5, 0.6) is 0 Å². The number of aryl methyl sites for hydroxylation is 2. The number of aromatic nitrogens is 2. The second-order valence-electron chi connectivity index (χ2n) is 6.69. The summed E-state index contributed by atoms with van der Waals surface area (Å²) in [6.07, 6.45) is 2.03. The molecule has 3 aromatic rings. The van der Waals surface area contributed by atoms with Gasteiger partial charge in [0.05, 0.1) is 0 Å². The number of amides is 1. The van der Waals surface area contributed by atoms with Crippen molar-refractivity contribution >= 4 is 5.91 Å². The highest BCUT2D eigenvalue weighted by Crippen LogP contribution is 2.27. The highest BCUT2D eigenvalue weighted by Gasteiger charge is 2.33. The molecule has 0 N–H and O–H groups in total. The molecular formula is C21H21N3O2. The number of hydrogen-bond donors (Lipinski definition) is 0. The maximum absolute atomic E-state index is 12.3. The fourth-order valence-electron chi connectivity index (χ4n) is 3.33. The van der Waals surface area contributed by atoms with Crippen LogP contribution in [0.15, 0.2) is 65.2 Å². The predicted molar refractivity (Wildman–Crippen MR) is 97.4 cm³/mol. The zero-order valence-electron chi connectivity index (χ0n) is 14.5. The average molecular weight is 347 g/mol. The third-order valence-corrected chi connectivity index (χ3v) is 4.75. The molecule has 4 rings (SSSR count). The van der Waals surface area contributed by atoms with Crippen LogP contribution in [0.4, 0.5) is 0 Å². The first-order chi connectivity index (χ1) is 12.8. The van der Waals surface area contributed by atoms with E-state index in [1.165, 1.54) is 5.56 Å². The van der Waals surface area contributed by atoms with E-state index in [4.69, 9.17) is 4.52 Å². The summed E-state index contributed by atoms with van der Waals surface area (Å²) >= 11 is 0. The van der Waals surface area contributed by atoms with Crippen LogP contribution in [0.25, 0.3) is 0 Å². The standard InChI is InChI=1S/C21H21N3O2/c25-20-13-18(15-24(20)14-17-9-5-2-6-10-17)21-22-19(26-23-21)12-11-16-7-3-1-4-8-16/h1-10,18H,11-15H2/t18-/m1/s1. The van der Waals surface area contributed by atoms with Gasteiger partial charge in [-0.05, 0) is 17.5 Å². The van der Waals surface area contributed by atoms with Crippen molar-refractivity contribution in [3.63, 3.8) is 0 Å². The lowest BCUT2D eigenvalue weighted by Gasteiger charge is -2.15. The number of hydrogen-bond acceptors (Lipinski definition) is 4. The molecule has 0 spiro atoms. The summed E-state index contributed by atoms with van der Waals surface area (Å²) in [6.45, 7) is 1.28. The van der Waals surface area contributed by atoms with E-state index in [0.29, 0.717) is 37.6 Å². The van der Waals surface area contributed by atoms with Crippen molar-refractivity contribution in [1.29, 1.82) is 0 Å². The third kappa shape index (κ3) is 3.82. The Bertz CT molecular complexity index is 861. The molecule has 1 aliphatic rings. The molecule has 1 aromatic heterocycles. The Hall–Kier alpha value is -2.95. The fraction of sp³-hybridized carbons (Fsp3) is 0.286. The normalized spacial score (nSPS) is 17.0. The van der Waals surface area contributed by atoms with Gasteiger partial charge in [0.1, 0.15) is 0 Å². The van der Waals surface area contributed by atoms with Crippen molar-refractivity contribution in [3.05, 3.63) is 83.5 Å². The summed E-state index contributed by atoms with van der Waals surface area (Å²) in [7, 11) is 0. The van der Waals surface area contributed by atoms with Crippen LogP contribution in [0.3, 0.4) is 0 Å². The summed E-state index contributed by atoms with van der Waals surface area (Å²) < 4.78 is 5.40. The molecule has 1 aliphatic heterocycles. The van der Waals surface area contributed by atoms with Gasteiger partial charge in [-0.15, -0.1) is 0 Å². The highest BCUT2D eigenvalue weighted by molar-refractivity contribution is 5.79. The first-order valence-corrected chi connectivity index (χ1v) is 8.96. The monoisotopic (exact) mass is 347 g/mol. The van der Waals surface area contributed by atoms with Crippen molar-refractivity contribution in [1.82, 2.24) is 15.0 Å². The molecule has 5 nitrogen and oxygen atoms in total. The molecule has 26 heavy (non-hydrogen) atoms. The number of likely N-dealkylation sites (tertiary alicyclic amines) is 1. The van der Waals surface area contributed by atoms with E-state index in [1.807, 2.05) is 53.4 Å². The minimum Gasteiger partial charge on any atom is -0.339 e. The molecule has 1 amide bonds. The van der Waals surface area contributed by atoms with Gasteiger partial charge in [0.2, 0.25) is 11.8 Å². The Kier molecular flexibility index (Phi) is 4.78. The molecule has 132 valence electrons. The van der Waals surface area contributed by atoms with Crippen LogP contribution >= 0.6 is 0 Å². The first kappa shape index (κ1) is 16.5. The van der Waals surface area contributed by atoms with Crippen LogP contribution < -0.4 is 0 Å². The van der Waals surface area contributed by atoms with E-state index in [9.17, 15) is 4.79 Å². The maximum Gasteiger partial charge on any atom is 0.226 e. The Morgan fingerprint density at radius 1 is 0.962 bits per heavy atom. The minimum atomic E-state index is 0.0143. The molecule has 1 saturated heterocycles. The van der Waals surface area contributed by atoms with Gasteiger partial charge >= 0.3 is 0 Å². The zero-order valence-corrected chi connectivity index (χ0v) is 14.5. The zero-order chi connectivity index (χ0) is 17.8. The molecule has 0 unspecified atom stereocenters. The Morgan fingerprint density at radius 3 is 2.38 bits per heavy atom. The van der Waals surface area contributed by atoms with E-state index in [2.05, 4.69) is 22.3 Å². The van der Waals surface area contributed by atoms with E-state index in [-0.39, 0.29) is 11.8 Å². The minimum absolute atomic E-state index is 0.0143. The summed E-state index contributed by atoms with van der Waals surface area (Å²) in [5.41, 5.74) is 2.38. The van der Waals surface area contributed by atoms with Crippen LogP contribution in [0.2, 0.25) is 0 Å². The van der Waals surface area contributed by atoms with E-state index in [0.717, 1.165) is 12.0 Å². The van der Waals surface area contributed by atoms with Gasteiger partial charge in [0, 0.05) is 31.8 Å². The lowest BCUT2D eigenvalue weighted by atomic mass is 10.1. The van der Waals surface area contributed by atoms with Gasteiger partial charge in [0.25, 0.3) is 0 Å². The molecule has 1 fully saturated rings. The topological polar surface area (TPSA) is 59.2 Å². The van der Waals surface area contributed by atoms with Crippen molar-refractivity contribution in [3.8, 4) is 0 Å². The molecule has 2 aromatic carbocycles. The van der Waals surface area contributed by atoms with Gasteiger partial charge in [-0.25, -0.2) is 0 Å². The molecule has 2 heterocycles. The van der Waals surface area contributed by atoms with Gasteiger partial charge in [0.15, 0.2) is 5.82 Å². The first-order valence-electron chi connectivity index (χ1n) is 8.96. The second kappa shape index (κ2) is 7.52. The predicted octanol–water partition coefficient (Wildman–Crippen LogP) is 3.37.